The Morgan fingerprint density at radius 2 is 1.94 bits per heavy atom. The zero-order valence-corrected chi connectivity index (χ0v) is 12.2. The first kappa shape index (κ1) is 14.4. The summed E-state index contributed by atoms with van der Waals surface area (Å²) in [5.41, 5.74) is 0. The van der Waals surface area contributed by atoms with Gasteiger partial charge in [0.25, 0.3) is 0 Å². The molecule has 1 rings (SSSR count). The van der Waals surface area contributed by atoms with E-state index < -0.39 is 15.6 Å². The zero-order chi connectivity index (χ0) is 13.1. The van der Waals surface area contributed by atoms with Crippen molar-refractivity contribution in [3.8, 4) is 0 Å². The summed E-state index contributed by atoms with van der Waals surface area (Å²) in [4.78, 5) is 11.9. The molecule has 3 nitrogen and oxygen atoms in total. The smallest absolute Gasteiger partial charge is 0.186 e. The highest BCUT2D eigenvalue weighted by molar-refractivity contribution is 9.10. The lowest BCUT2D eigenvalue weighted by atomic mass is 10.1. The molecular weight excluding hydrogens is 304 g/mol. The van der Waals surface area contributed by atoms with Crippen LogP contribution in [0.2, 0.25) is 0 Å². The molecule has 1 atom stereocenters. The lowest BCUT2D eigenvalue weighted by molar-refractivity contribution is -0.119. The molecule has 5 heteroatoms. The van der Waals surface area contributed by atoms with E-state index in [0.717, 1.165) is 0 Å². The Bertz CT molecular complexity index is 508. The van der Waals surface area contributed by atoms with Gasteiger partial charge in [-0.2, -0.15) is 0 Å². The molecule has 1 aromatic carbocycles. The van der Waals surface area contributed by atoms with Crippen LogP contribution in [-0.2, 0) is 14.6 Å². The van der Waals surface area contributed by atoms with Crippen LogP contribution in [0.15, 0.2) is 33.6 Å². The summed E-state index contributed by atoms with van der Waals surface area (Å²) in [5, 5.41) is 0. The quantitative estimate of drug-likeness (QED) is 0.838. The molecule has 1 aromatic rings. The van der Waals surface area contributed by atoms with Gasteiger partial charge in [0, 0.05) is 10.4 Å². The first-order valence-electron chi connectivity index (χ1n) is 5.38. The molecule has 0 aliphatic rings. The van der Waals surface area contributed by atoms with Crippen LogP contribution >= 0.6 is 15.9 Å². The molecule has 94 valence electrons. The Balaban J connectivity index is 2.98. The number of sulfone groups is 1. The number of halogens is 1. The number of ketones is 1. The summed E-state index contributed by atoms with van der Waals surface area (Å²) in [6, 6.07) is 6.54. The molecule has 0 fully saturated rings. The molecular formula is C12H15BrO3S. The third-order valence-electron chi connectivity index (χ3n) is 2.67. The van der Waals surface area contributed by atoms with Crippen LogP contribution in [0.1, 0.15) is 20.3 Å². The highest BCUT2D eigenvalue weighted by Crippen LogP contribution is 2.23. The van der Waals surface area contributed by atoms with Gasteiger partial charge in [-0.1, -0.05) is 26.0 Å². The third kappa shape index (κ3) is 3.64. The van der Waals surface area contributed by atoms with Gasteiger partial charge in [-0.3, -0.25) is 4.79 Å². The van der Waals surface area contributed by atoms with E-state index >= 15 is 0 Å². The summed E-state index contributed by atoms with van der Waals surface area (Å²) in [6.45, 7) is 3.62. The van der Waals surface area contributed by atoms with Gasteiger partial charge in [-0.25, -0.2) is 8.42 Å². The Hall–Kier alpha value is -0.680. The van der Waals surface area contributed by atoms with Crippen LogP contribution in [0.3, 0.4) is 0 Å². The fourth-order valence-electron chi connectivity index (χ4n) is 1.33. The number of benzene rings is 1. The third-order valence-corrected chi connectivity index (χ3v) is 5.31. The highest BCUT2D eigenvalue weighted by atomic mass is 79.9. The van der Waals surface area contributed by atoms with E-state index in [-0.39, 0.29) is 16.6 Å². The lowest BCUT2D eigenvalue weighted by Crippen LogP contribution is -2.22. The summed E-state index contributed by atoms with van der Waals surface area (Å²) >= 11 is 3.19. The first-order valence-corrected chi connectivity index (χ1v) is 7.83. The molecule has 0 amide bonds. The van der Waals surface area contributed by atoms with Gasteiger partial charge in [0.05, 0.1) is 4.90 Å². The minimum Gasteiger partial charge on any atom is -0.298 e. The van der Waals surface area contributed by atoms with Crippen molar-refractivity contribution in [3.63, 3.8) is 0 Å². The first-order chi connectivity index (χ1) is 7.88. The molecule has 0 aliphatic carbocycles. The van der Waals surface area contributed by atoms with E-state index in [1.54, 1.807) is 25.1 Å². The van der Waals surface area contributed by atoms with Gasteiger partial charge in [0.2, 0.25) is 0 Å². The van der Waals surface area contributed by atoms with Gasteiger partial charge in [0.15, 0.2) is 15.6 Å². The zero-order valence-electron chi connectivity index (χ0n) is 9.81. The normalized spacial score (nSPS) is 13.4. The van der Waals surface area contributed by atoms with Gasteiger partial charge in [0.1, 0.15) is 5.75 Å². The predicted molar refractivity (Wildman–Crippen MR) is 70.7 cm³/mol. The van der Waals surface area contributed by atoms with Crippen LogP contribution in [0.25, 0.3) is 0 Å². The molecule has 0 radical (unpaired) electrons. The van der Waals surface area contributed by atoms with E-state index in [1.165, 1.54) is 6.07 Å². The van der Waals surface area contributed by atoms with Crippen molar-refractivity contribution >= 4 is 31.6 Å². The van der Waals surface area contributed by atoms with E-state index in [9.17, 15) is 13.2 Å². The van der Waals surface area contributed by atoms with Gasteiger partial charge < -0.3 is 0 Å². The van der Waals surface area contributed by atoms with Crippen LogP contribution in [0, 0.1) is 5.92 Å². The number of rotatable bonds is 5. The van der Waals surface area contributed by atoms with E-state index in [4.69, 9.17) is 0 Å². The van der Waals surface area contributed by atoms with Crippen molar-refractivity contribution in [2.75, 3.05) is 5.75 Å². The maximum absolute atomic E-state index is 12.0. The van der Waals surface area contributed by atoms with Gasteiger partial charge in [-0.15, -0.1) is 0 Å². The van der Waals surface area contributed by atoms with Crippen LogP contribution in [0.5, 0.6) is 0 Å². The fraction of sp³-hybridized carbons (Fsp3) is 0.417. The van der Waals surface area contributed by atoms with Crippen molar-refractivity contribution in [2.24, 2.45) is 5.92 Å². The molecule has 0 saturated heterocycles. The maximum atomic E-state index is 12.0. The van der Waals surface area contributed by atoms with Gasteiger partial charge >= 0.3 is 0 Å². The number of hydrogen-bond acceptors (Lipinski definition) is 3. The van der Waals surface area contributed by atoms with Crippen LogP contribution < -0.4 is 0 Å². The second-order valence-corrected chi connectivity index (χ2v) is 6.78. The van der Waals surface area contributed by atoms with Crippen molar-refractivity contribution in [2.45, 2.75) is 25.2 Å². The minimum absolute atomic E-state index is 0.177. The molecule has 0 bridgehead atoms. The van der Waals surface area contributed by atoms with Crippen molar-refractivity contribution < 1.29 is 13.2 Å². The summed E-state index contributed by atoms with van der Waals surface area (Å²) in [7, 11) is -3.54. The fourth-order valence-corrected chi connectivity index (χ4v) is 3.82. The molecule has 17 heavy (non-hydrogen) atoms. The predicted octanol–water partition coefficient (Wildman–Crippen LogP) is 2.84. The molecule has 0 heterocycles. The second-order valence-electron chi connectivity index (χ2n) is 3.97. The Morgan fingerprint density at radius 3 is 2.47 bits per heavy atom. The number of hydrogen-bond donors (Lipinski definition) is 0. The standard InChI is InChI=1S/C12H15BrO3S/c1-3-9(2)11(14)8-17(15,16)12-7-5-4-6-10(12)13/h4-7,9H,3,8H2,1-2H3. The van der Waals surface area contributed by atoms with E-state index in [1.807, 2.05) is 6.92 Å². The highest BCUT2D eigenvalue weighted by Gasteiger charge is 2.23. The summed E-state index contributed by atoms with van der Waals surface area (Å²) < 4.78 is 24.6. The molecule has 1 unspecified atom stereocenters. The number of Topliss-reactive ketones (excluding diaryl/α,β-unsaturated/α-hetero) is 1. The maximum Gasteiger partial charge on any atom is 0.186 e. The summed E-state index contributed by atoms with van der Waals surface area (Å²) in [5.74, 6) is -0.875. The van der Waals surface area contributed by atoms with Crippen LogP contribution in [0.4, 0.5) is 0 Å². The Morgan fingerprint density at radius 1 is 1.35 bits per heavy atom. The Labute approximate surface area is 110 Å². The Kier molecular flexibility index (Phi) is 4.89. The van der Waals surface area contributed by atoms with E-state index in [0.29, 0.717) is 10.9 Å². The number of carbonyl (C=O) groups is 1. The molecule has 0 saturated carbocycles. The topological polar surface area (TPSA) is 51.2 Å². The molecule has 0 N–H and O–H groups in total. The van der Waals surface area contributed by atoms with Gasteiger partial charge in [-0.05, 0) is 34.5 Å². The lowest BCUT2D eigenvalue weighted by Gasteiger charge is -2.09. The molecule has 0 spiro atoms. The SMILES string of the molecule is CCC(C)C(=O)CS(=O)(=O)c1ccccc1Br. The minimum atomic E-state index is -3.54. The molecule has 0 aliphatic heterocycles. The molecule has 0 aromatic heterocycles. The van der Waals surface area contributed by atoms with Crippen molar-refractivity contribution in [3.05, 3.63) is 28.7 Å². The largest absolute Gasteiger partial charge is 0.298 e. The van der Waals surface area contributed by atoms with Crippen molar-refractivity contribution in [1.82, 2.24) is 0 Å². The second kappa shape index (κ2) is 5.78. The average molecular weight is 319 g/mol. The van der Waals surface area contributed by atoms with Crippen LogP contribution in [-0.4, -0.2) is 20.0 Å². The average Bonchev–Trinajstić information content (AvgIpc) is 2.27. The monoisotopic (exact) mass is 318 g/mol. The van der Waals surface area contributed by atoms with Crippen molar-refractivity contribution in [1.29, 1.82) is 0 Å². The van der Waals surface area contributed by atoms with E-state index in [2.05, 4.69) is 15.9 Å². The summed E-state index contributed by atoms with van der Waals surface area (Å²) in [6.07, 6.45) is 0.657. The number of carbonyl (C=O) groups excluding carboxylic acids is 1.